The van der Waals surface area contributed by atoms with E-state index in [4.69, 9.17) is 0 Å². The Hall–Kier alpha value is -1.67. The number of hydrogen-bond acceptors (Lipinski definition) is 1. The minimum Gasteiger partial charge on any atom is -0.384 e. The fourth-order valence-electron chi connectivity index (χ4n) is 2.03. The van der Waals surface area contributed by atoms with Crippen LogP contribution in [0.15, 0.2) is 36.4 Å². The number of benzene rings is 2. The van der Waals surface area contributed by atoms with Gasteiger partial charge in [0.05, 0.1) is 0 Å². The van der Waals surface area contributed by atoms with Gasteiger partial charge in [-0.3, -0.25) is 0 Å². The van der Waals surface area contributed by atoms with Crippen LogP contribution in [0, 0.1) is 26.6 Å². The largest absolute Gasteiger partial charge is 0.384 e. The van der Waals surface area contributed by atoms with E-state index in [1.165, 1.54) is 6.07 Å². The summed E-state index contributed by atoms with van der Waals surface area (Å²) in [7, 11) is 0. The van der Waals surface area contributed by atoms with Crippen molar-refractivity contribution in [1.82, 2.24) is 0 Å². The van der Waals surface area contributed by atoms with Crippen LogP contribution in [0.1, 0.15) is 33.9 Å². The normalized spacial score (nSPS) is 12.5. The van der Waals surface area contributed by atoms with E-state index in [1.54, 1.807) is 19.1 Å². The second-order valence-corrected chi connectivity index (χ2v) is 4.70. The van der Waals surface area contributed by atoms with Crippen LogP contribution < -0.4 is 0 Å². The molecule has 0 aliphatic heterocycles. The van der Waals surface area contributed by atoms with Gasteiger partial charge in [-0.2, -0.15) is 0 Å². The van der Waals surface area contributed by atoms with Crippen molar-refractivity contribution in [3.63, 3.8) is 0 Å². The summed E-state index contributed by atoms with van der Waals surface area (Å²) in [4.78, 5) is 0. The quantitative estimate of drug-likeness (QED) is 0.851. The third kappa shape index (κ3) is 2.29. The summed E-state index contributed by atoms with van der Waals surface area (Å²) in [5, 5.41) is 10.3. The summed E-state index contributed by atoms with van der Waals surface area (Å²) in [6.07, 6.45) is -0.778. The van der Waals surface area contributed by atoms with Crippen molar-refractivity contribution in [2.45, 2.75) is 26.9 Å². The van der Waals surface area contributed by atoms with Crippen LogP contribution in [-0.2, 0) is 0 Å². The topological polar surface area (TPSA) is 20.2 Å². The predicted molar refractivity (Wildman–Crippen MR) is 71.1 cm³/mol. The molecule has 0 amide bonds. The number of hydrogen-bond donors (Lipinski definition) is 1. The molecule has 0 heterocycles. The Bertz CT molecular complexity index is 575. The van der Waals surface area contributed by atoms with E-state index in [0.717, 1.165) is 16.7 Å². The molecular weight excluding hydrogens is 227 g/mol. The van der Waals surface area contributed by atoms with E-state index in [0.29, 0.717) is 11.1 Å². The summed E-state index contributed by atoms with van der Waals surface area (Å²) in [5.74, 6) is -0.281. The molecule has 0 aliphatic rings. The molecule has 1 unspecified atom stereocenters. The molecule has 2 aromatic rings. The molecule has 0 radical (unpaired) electrons. The molecule has 2 aromatic carbocycles. The maximum atomic E-state index is 13.5. The van der Waals surface area contributed by atoms with Crippen LogP contribution in [0.3, 0.4) is 0 Å². The minimum atomic E-state index is -0.778. The van der Waals surface area contributed by atoms with E-state index >= 15 is 0 Å². The monoisotopic (exact) mass is 244 g/mol. The highest BCUT2D eigenvalue weighted by Gasteiger charge is 2.14. The summed E-state index contributed by atoms with van der Waals surface area (Å²) in [6.45, 7) is 5.68. The number of aryl methyl sites for hydroxylation is 2. The highest BCUT2D eigenvalue weighted by Crippen LogP contribution is 2.27. The molecule has 0 spiro atoms. The molecular formula is C16H17FO. The Morgan fingerprint density at radius 1 is 1.00 bits per heavy atom. The Labute approximate surface area is 107 Å². The van der Waals surface area contributed by atoms with E-state index in [2.05, 4.69) is 0 Å². The Morgan fingerprint density at radius 3 is 2.39 bits per heavy atom. The number of halogens is 1. The highest BCUT2D eigenvalue weighted by molar-refractivity contribution is 5.40. The fourth-order valence-corrected chi connectivity index (χ4v) is 2.03. The Balaban J connectivity index is 2.44. The van der Waals surface area contributed by atoms with Crippen molar-refractivity contribution >= 4 is 0 Å². The van der Waals surface area contributed by atoms with E-state index in [1.807, 2.05) is 32.0 Å². The van der Waals surface area contributed by atoms with Gasteiger partial charge in [-0.15, -0.1) is 0 Å². The van der Waals surface area contributed by atoms with Crippen LogP contribution in [-0.4, -0.2) is 5.11 Å². The lowest BCUT2D eigenvalue weighted by Gasteiger charge is -2.16. The first kappa shape index (κ1) is 12.8. The van der Waals surface area contributed by atoms with Crippen LogP contribution in [0.2, 0.25) is 0 Å². The third-order valence-corrected chi connectivity index (χ3v) is 3.45. The predicted octanol–water partition coefficient (Wildman–Crippen LogP) is 3.83. The molecule has 1 N–H and O–H groups in total. The zero-order valence-electron chi connectivity index (χ0n) is 10.9. The van der Waals surface area contributed by atoms with Crippen molar-refractivity contribution in [3.05, 3.63) is 70.0 Å². The van der Waals surface area contributed by atoms with Crippen molar-refractivity contribution in [1.29, 1.82) is 0 Å². The first-order valence-electron chi connectivity index (χ1n) is 6.01. The smallest absolute Gasteiger partial charge is 0.126 e. The summed E-state index contributed by atoms with van der Waals surface area (Å²) in [6, 6.07) is 10.7. The first-order chi connectivity index (χ1) is 8.50. The minimum absolute atomic E-state index is 0.281. The van der Waals surface area contributed by atoms with Crippen molar-refractivity contribution in [2.24, 2.45) is 0 Å². The zero-order valence-corrected chi connectivity index (χ0v) is 10.9. The molecule has 0 aliphatic carbocycles. The summed E-state index contributed by atoms with van der Waals surface area (Å²) < 4.78 is 13.5. The third-order valence-electron chi connectivity index (χ3n) is 3.45. The van der Waals surface area contributed by atoms with Crippen LogP contribution in [0.5, 0.6) is 0 Å². The maximum Gasteiger partial charge on any atom is 0.126 e. The molecule has 0 saturated heterocycles. The average Bonchev–Trinajstić information content (AvgIpc) is 2.35. The van der Waals surface area contributed by atoms with Gasteiger partial charge in [0, 0.05) is 0 Å². The van der Waals surface area contributed by atoms with Gasteiger partial charge in [-0.05, 0) is 54.7 Å². The van der Waals surface area contributed by atoms with Crippen molar-refractivity contribution in [2.75, 3.05) is 0 Å². The first-order valence-corrected chi connectivity index (χ1v) is 6.01. The van der Waals surface area contributed by atoms with Crippen LogP contribution >= 0.6 is 0 Å². The SMILES string of the molecule is Cc1ccc(C(O)c2cccc(C)c2C)cc1F. The van der Waals surface area contributed by atoms with Gasteiger partial charge < -0.3 is 5.11 Å². The van der Waals surface area contributed by atoms with E-state index in [9.17, 15) is 9.50 Å². The number of aliphatic hydroxyl groups is 1. The molecule has 94 valence electrons. The number of aliphatic hydroxyl groups excluding tert-OH is 1. The summed E-state index contributed by atoms with van der Waals surface area (Å²) in [5.41, 5.74) is 4.18. The lowest BCUT2D eigenvalue weighted by atomic mass is 9.94. The van der Waals surface area contributed by atoms with E-state index < -0.39 is 6.10 Å². The maximum absolute atomic E-state index is 13.5. The van der Waals surface area contributed by atoms with Gasteiger partial charge >= 0.3 is 0 Å². The lowest BCUT2D eigenvalue weighted by Crippen LogP contribution is -2.04. The molecule has 2 rings (SSSR count). The molecule has 0 aromatic heterocycles. The Morgan fingerprint density at radius 2 is 1.72 bits per heavy atom. The summed E-state index contributed by atoms with van der Waals surface area (Å²) >= 11 is 0. The van der Waals surface area contributed by atoms with Crippen molar-refractivity contribution in [3.8, 4) is 0 Å². The molecule has 2 heteroatoms. The van der Waals surface area contributed by atoms with Crippen molar-refractivity contribution < 1.29 is 9.50 Å². The molecule has 1 nitrogen and oxygen atoms in total. The van der Waals surface area contributed by atoms with Gasteiger partial charge in [-0.25, -0.2) is 4.39 Å². The second kappa shape index (κ2) is 4.91. The highest BCUT2D eigenvalue weighted by atomic mass is 19.1. The molecule has 0 bridgehead atoms. The Kier molecular flexibility index (Phi) is 3.48. The van der Waals surface area contributed by atoms with Gasteiger partial charge in [0.15, 0.2) is 0 Å². The fraction of sp³-hybridized carbons (Fsp3) is 0.250. The van der Waals surface area contributed by atoms with E-state index in [-0.39, 0.29) is 5.82 Å². The number of rotatable bonds is 2. The zero-order chi connectivity index (χ0) is 13.3. The standard InChI is InChI=1S/C16H17FO/c1-10-5-4-6-14(12(10)3)16(18)13-8-7-11(2)15(17)9-13/h4-9,16,18H,1-3H3. The van der Waals surface area contributed by atoms with Gasteiger partial charge in [0.2, 0.25) is 0 Å². The van der Waals surface area contributed by atoms with Gasteiger partial charge in [0.25, 0.3) is 0 Å². The second-order valence-electron chi connectivity index (χ2n) is 4.70. The van der Waals surface area contributed by atoms with Crippen LogP contribution in [0.4, 0.5) is 4.39 Å². The lowest BCUT2D eigenvalue weighted by molar-refractivity contribution is 0.219. The molecule has 18 heavy (non-hydrogen) atoms. The molecule has 0 saturated carbocycles. The molecule has 1 atom stereocenters. The molecule has 0 fully saturated rings. The average molecular weight is 244 g/mol. The van der Waals surface area contributed by atoms with Gasteiger partial charge in [0.1, 0.15) is 11.9 Å². The van der Waals surface area contributed by atoms with Gasteiger partial charge in [-0.1, -0.05) is 30.3 Å². The van der Waals surface area contributed by atoms with Crippen LogP contribution in [0.25, 0.3) is 0 Å².